The minimum atomic E-state index is -2.52. The summed E-state index contributed by atoms with van der Waals surface area (Å²) in [6.45, 7) is 2.25. The predicted octanol–water partition coefficient (Wildman–Crippen LogP) is 3.16. The lowest BCUT2D eigenvalue weighted by Crippen LogP contribution is -2.54. The summed E-state index contributed by atoms with van der Waals surface area (Å²) in [4.78, 5) is 87.5. The second-order valence-corrected chi connectivity index (χ2v) is 10.3. The topological polar surface area (TPSA) is 219 Å². The quantitative estimate of drug-likeness (QED) is 0.139. The number of carbonyl (C=O) groups is 7. The number of benzene rings is 3. The van der Waals surface area contributed by atoms with E-state index < -0.39 is 53.9 Å². The number of rotatable bonds is 12. The Kier molecular flexibility index (Phi) is 12.9. The molecular weight excluding hydrogens is 695 g/mol. The summed E-state index contributed by atoms with van der Waals surface area (Å²) in [6, 6.07) is 10.5. The van der Waals surface area contributed by atoms with Crippen LogP contribution < -0.4 is 29.8 Å². The summed E-state index contributed by atoms with van der Waals surface area (Å²) in [6.07, 6.45) is -4.97. The van der Waals surface area contributed by atoms with E-state index in [4.69, 9.17) is 51.6 Å². The van der Waals surface area contributed by atoms with Gasteiger partial charge >= 0.3 is 29.8 Å². The van der Waals surface area contributed by atoms with Crippen LogP contribution in [-0.4, -0.2) is 73.2 Å². The zero-order chi connectivity index (χ0) is 36.4. The number of carbonyl (C=O) groups excluding carboxylic acids is 6. The number of halogens is 2. The Balaban J connectivity index is 1.95. The van der Waals surface area contributed by atoms with Crippen LogP contribution in [0.4, 0.5) is 0 Å². The molecule has 0 aliphatic rings. The molecule has 0 unspecified atom stereocenters. The van der Waals surface area contributed by atoms with E-state index in [2.05, 4.69) is 0 Å². The Morgan fingerprint density at radius 2 is 1.14 bits per heavy atom. The first-order valence-electron chi connectivity index (χ1n) is 13.6. The summed E-state index contributed by atoms with van der Waals surface area (Å²) in [7, 11) is 2.41. The number of amides is 2. The van der Waals surface area contributed by atoms with E-state index in [1.807, 2.05) is 10.9 Å². The molecule has 0 saturated carbocycles. The number of carboxylic acids is 1. The summed E-state index contributed by atoms with van der Waals surface area (Å²) >= 11 is 11.9. The molecule has 0 spiro atoms. The molecule has 0 aliphatic carbocycles. The van der Waals surface area contributed by atoms with Gasteiger partial charge in [0.2, 0.25) is 12.2 Å². The lowest BCUT2D eigenvalue weighted by molar-refractivity contribution is -0.159. The number of hydrazine groups is 1. The fourth-order valence-corrected chi connectivity index (χ4v) is 4.35. The fraction of sp³-hybridized carbons (Fsp3) is 0.194. The number of aliphatic carboxylic acids is 1. The average molecular weight is 721 g/mol. The number of hydrogen-bond acceptors (Lipinski definition) is 13. The highest BCUT2D eigenvalue weighted by Gasteiger charge is 2.41. The first-order chi connectivity index (χ1) is 23.1. The van der Waals surface area contributed by atoms with Gasteiger partial charge in [-0.25, -0.2) is 14.4 Å². The Labute approximate surface area is 287 Å². The maximum absolute atomic E-state index is 13.3. The predicted molar refractivity (Wildman–Crippen MR) is 167 cm³/mol. The van der Waals surface area contributed by atoms with Crippen molar-refractivity contribution in [2.45, 2.75) is 26.1 Å². The van der Waals surface area contributed by atoms with E-state index >= 15 is 0 Å². The van der Waals surface area contributed by atoms with Gasteiger partial charge in [0.1, 0.15) is 0 Å². The molecule has 2 atom stereocenters. The van der Waals surface area contributed by atoms with Crippen LogP contribution in [-0.2, 0) is 28.7 Å². The van der Waals surface area contributed by atoms with Crippen molar-refractivity contribution in [1.29, 1.82) is 0 Å². The van der Waals surface area contributed by atoms with Crippen molar-refractivity contribution in [2.75, 3.05) is 14.2 Å². The molecule has 3 aromatic rings. The van der Waals surface area contributed by atoms with Gasteiger partial charge in [0.15, 0.2) is 23.0 Å². The molecule has 16 nitrogen and oxygen atoms in total. The fourth-order valence-electron chi connectivity index (χ4n) is 3.86. The van der Waals surface area contributed by atoms with Gasteiger partial charge in [-0.15, -0.1) is 0 Å². The first kappa shape index (κ1) is 37.6. The van der Waals surface area contributed by atoms with Crippen LogP contribution in [0.15, 0.2) is 54.6 Å². The summed E-state index contributed by atoms with van der Waals surface area (Å²) in [5, 5.41) is 10.1. The molecule has 2 amide bonds. The number of nitrogens with one attached hydrogen (secondary N) is 2. The van der Waals surface area contributed by atoms with Crippen molar-refractivity contribution in [1.82, 2.24) is 10.9 Å². The van der Waals surface area contributed by atoms with Crippen LogP contribution >= 0.6 is 23.2 Å². The van der Waals surface area contributed by atoms with Crippen LogP contribution in [0.5, 0.6) is 23.0 Å². The van der Waals surface area contributed by atoms with Gasteiger partial charge in [0, 0.05) is 18.9 Å². The Bertz CT molecular complexity index is 1810. The molecule has 3 rings (SSSR count). The Hall–Kier alpha value is -5.87. The third-order valence-electron chi connectivity index (χ3n) is 6.03. The summed E-state index contributed by atoms with van der Waals surface area (Å²) in [5.74, 6) is -8.79. The second-order valence-electron chi connectivity index (χ2n) is 9.48. The van der Waals surface area contributed by atoms with E-state index in [0.717, 1.165) is 38.1 Å². The van der Waals surface area contributed by atoms with E-state index in [0.29, 0.717) is 0 Å². The van der Waals surface area contributed by atoms with E-state index in [1.165, 1.54) is 44.6 Å². The molecule has 0 saturated heterocycles. The van der Waals surface area contributed by atoms with Gasteiger partial charge in [-0.05, 0) is 54.6 Å². The normalized spacial score (nSPS) is 11.6. The highest BCUT2D eigenvalue weighted by molar-refractivity contribution is 6.36. The minimum Gasteiger partial charge on any atom is -0.493 e. The molecule has 0 aliphatic heterocycles. The Morgan fingerprint density at radius 3 is 1.57 bits per heavy atom. The van der Waals surface area contributed by atoms with Crippen molar-refractivity contribution >= 4 is 64.9 Å². The van der Waals surface area contributed by atoms with Crippen molar-refractivity contribution in [3.05, 3.63) is 81.3 Å². The maximum Gasteiger partial charge on any atom is 0.349 e. The Morgan fingerprint density at radius 1 is 0.653 bits per heavy atom. The lowest BCUT2D eigenvalue weighted by atomic mass is 10.1. The van der Waals surface area contributed by atoms with Crippen molar-refractivity contribution in [3.8, 4) is 23.0 Å². The highest BCUT2D eigenvalue weighted by atomic mass is 35.5. The molecule has 3 aromatic carbocycles. The molecule has 18 heteroatoms. The zero-order valence-corrected chi connectivity index (χ0v) is 27.4. The van der Waals surface area contributed by atoms with Gasteiger partial charge in [-0.2, -0.15) is 0 Å². The number of methoxy groups -OCH3 is 2. The van der Waals surface area contributed by atoms with Gasteiger partial charge < -0.3 is 33.5 Å². The van der Waals surface area contributed by atoms with E-state index in [-0.39, 0.29) is 49.7 Å². The first-order valence-corrected chi connectivity index (χ1v) is 14.3. The maximum atomic E-state index is 13.3. The largest absolute Gasteiger partial charge is 0.493 e. The molecule has 49 heavy (non-hydrogen) atoms. The summed E-state index contributed by atoms with van der Waals surface area (Å²) < 4.78 is 30.5. The number of hydrogen-bond donors (Lipinski definition) is 3. The monoisotopic (exact) mass is 720 g/mol. The van der Waals surface area contributed by atoms with Gasteiger partial charge in [-0.1, -0.05) is 23.2 Å². The standard InChI is InChI=1S/C31H26Cl2N2O14/c1-14(36)46-21-9-5-16(11-23(21)44-3)30(42)48-25(28(39)35-34-27(38)19-8-7-18(32)13-20(19)33)26(29(40)41)49-31(43)17-6-10-22(47-15(2)37)24(12-17)45-4/h5-13,25-26H,1-4H3,(H,34,38)(H,35,39)(H,40,41)/t25-,26-/m1/s1. The van der Waals surface area contributed by atoms with Crippen LogP contribution in [0.2, 0.25) is 10.0 Å². The van der Waals surface area contributed by atoms with Crippen LogP contribution in [0.3, 0.4) is 0 Å². The number of carboxylic acid groups (broad SMARTS) is 1. The van der Waals surface area contributed by atoms with Crippen molar-refractivity contribution in [3.63, 3.8) is 0 Å². The van der Waals surface area contributed by atoms with Crippen molar-refractivity contribution < 1.29 is 67.1 Å². The third kappa shape index (κ3) is 10.1. The van der Waals surface area contributed by atoms with E-state index in [1.54, 1.807) is 0 Å². The van der Waals surface area contributed by atoms with Crippen LogP contribution in [0.1, 0.15) is 44.9 Å². The molecule has 0 fully saturated rings. The third-order valence-corrected chi connectivity index (χ3v) is 6.57. The molecular formula is C31H26Cl2N2O14. The van der Waals surface area contributed by atoms with Gasteiger partial charge in [-0.3, -0.25) is 30.0 Å². The molecule has 0 aromatic heterocycles. The minimum absolute atomic E-state index is 0.0702. The molecule has 0 bridgehead atoms. The SMILES string of the molecule is COc1cc(C(=O)O[C@@H](C(=O)O)[C@@H](OC(=O)c2ccc(OC(C)=O)c(OC)c2)C(=O)NNC(=O)c2ccc(Cl)cc2Cl)ccc1OC(C)=O. The molecule has 258 valence electrons. The van der Waals surface area contributed by atoms with Crippen molar-refractivity contribution in [2.24, 2.45) is 0 Å². The van der Waals surface area contributed by atoms with Gasteiger partial charge in [0.05, 0.1) is 35.9 Å². The van der Waals surface area contributed by atoms with Crippen LogP contribution in [0, 0.1) is 0 Å². The smallest absolute Gasteiger partial charge is 0.349 e. The second kappa shape index (κ2) is 16.8. The summed E-state index contributed by atoms with van der Waals surface area (Å²) in [5.41, 5.74) is 3.13. The highest BCUT2D eigenvalue weighted by Crippen LogP contribution is 2.30. The number of esters is 4. The number of ether oxygens (including phenoxy) is 6. The van der Waals surface area contributed by atoms with Crippen LogP contribution in [0.25, 0.3) is 0 Å². The molecule has 3 N–H and O–H groups in total. The van der Waals surface area contributed by atoms with Gasteiger partial charge in [0.25, 0.3) is 11.8 Å². The molecule has 0 radical (unpaired) electrons. The lowest BCUT2D eigenvalue weighted by Gasteiger charge is -2.24. The zero-order valence-electron chi connectivity index (χ0n) is 25.9. The molecule has 0 heterocycles. The average Bonchev–Trinajstić information content (AvgIpc) is 3.04. The van der Waals surface area contributed by atoms with E-state index in [9.17, 15) is 38.7 Å².